The molecule has 0 amide bonds. The minimum Gasteiger partial charge on any atom is -0.481 e. The Morgan fingerprint density at radius 2 is 1.37 bits per heavy atom. The molecular weight excluding hydrogens is 396 g/mol. The molecule has 12 heteroatoms. The highest BCUT2D eigenvalue weighted by molar-refractivity contribution is 7.72. The first-order valence-electron chi connectivity index (χ1n) is 8.72. The van der Waals surface area contributed by atoms with Crippen LogP contribution in [0.5, 0.6) is 5.88 Å². The van der Waals surface area contributed by atoms with Crippen molar-refractivity contribution in [2.24, 2.45) is 0 Å². The van der Waals surface area contributed by atoms with E-state index in [1.54, 1.807) is 40.7 Å². The van der Waals surface area contributed by atoms with Gasteiger partial charge < -0.3 is 28.1 Å². The van der Waals surface area contributed by atoms with Gasteiger partial charge in [0.2, 0.25) is 17.4 Å². The number of anilines is 1. The number of aryl methyl sites for hydroxylation is 1. The molecule has 1 aromatic heterocycles. The largest absolute Gasteiger partial charge is 0.481 e. The van der Waals surface area contributed by atoms with Crippen molar-refractivity contribution in [3.63, 3.8) is 0 Å². The van der Waals surface area contributed by atoms with Gasteiger partial charge in [-0.15, -0.1) is 0 Å². The Morgan fingerprint density at radius 1 is 0.926 bits per heavy atom. The lowest BCUT2D eigenvalue weighted by atomic mass is 10.4. The summed E-state index contributed by atoms with van der Waals surface area (Å²) in [5.74, 6) is 0.324. The third kappa shape index (κ3) is 6.52. The van der Waals surface area contributed by atoms with Crippen molar-refractivity contribution < 1.29 is 32.0 Å². The summed E-state index contributed by atoms with van der Waals surface area (Å²) in [6, 6.07) is 1.62. The lowest BCUT2D eigenvalue weighted by Gasteiger charge is -2.31. The predicted molar refractivity (Wildman–Crippen MR) is 102 cm³/mol. The van der Waals surface area contributed by atoms with Crippen LogP contribution in [0.15, 0.2) is 6.07 Å². The topological polar surface area (TPSA) is 118 Å². The Balaban J connectivity index is 3.46. The van der Waals surface area contributed by atoms with Crippen molar-refractivity contribution >= 4 is 21.1 Å². The van der Waals surface area contributed by atoms with Crippen molar-refractivity contribution in [1.29, 1.82) is 0 Å². The summed E-state index contributed by atoms with van der Waals surface area (Å²) in [5.41, 5.74) is -0.857. The molecule has 0 aliphatic rings. The third-order valence-corrected chi connectivity index (χ3v) is 8.76. The number of hydrogen-bond acceptors (Lipinski definition) is 10. The van der Waals surface area contributed by atoms with Crippen LogP contribution in [0.4, 0.5) is 5.95 Å². The van der Waals surface area contributed by atoms with Gasteiger partial charge in [-0.05, 0) is 34.6 Å². The summed E-state index contributed by atoms with van der Waals surface area (Å²) in [6.07, 6.45) is 0. The first-order valence-corrected chi connectivity index (χ1v) is 11.9. The summed E-state index contributed by atoms with van der Waals surface area (Å²) in [7, 11) is -6.46. The van der Waals surface area contributed by atoms with Crippen molar-refractivity contribution in [1.82, 2.24) is 9.97 Å². The molecule has 0 bridgehead atoms. The molecule has 0 saturated carbocycles. The van der Waals surface area contributed by atoms with Gasteiger partial charge in [0, 0.05) is 11.8 Å². The average molecular weight is 425 g/mol. The van der Waals surface area contributed by atoms with Crippen LogP contribution in [-0.2, 0) is 27.2 Å². The SMILES string of the molecule is CCOP(=O)(OCC)C(Nc1nc(C)cc(OC)n1)P(=O)(OCC)OCC. The van der Waals surface area contributed by atoms with Crippen molar-refractivity contribution in [2.75, 3.05) is 38.9 Å². The van der Waals surface area contributed by atoms with Gasteiger partial charge >= 0.3 is 15.2 Å². The van der Waals surface area contributed by atoms with Crippen LogP contribution in [-0.4, -0.2) is 49.0 Å². The molecule has 1 rings (SSSR count). The zero-order valence-electron chi connectivity index (χ0n) is 16.6. The molecule has 0 radical (unpaired) electrons. The summed E-state index contributed by atoms with van der Waals surface area (Å²) in [5, 5.41) is 2.79. The van der Waals surface area contributed by atoms with Crippen LogP contribution < -0.4 is 10.1 Å². The smallest absolute Gasteiger partial charge is 0.365 e. The predicted octanol–water partition coefficient (Wildman–Crippen LogP) is 4.02. The molecule has 0 aliphatic carbocycles. The molecule has 0 atom stereocenters. The number of nitrogens with zero attached hydrogens (tertiary/aromatic N) is 2. The molecule has 0 aliphatic heterocycles. The maximum Gasteiger partial charge on any atom is 0.365 e. The highest BCUT2D eigenvalue weighted by atomic mass is 31.2. The minimum atomic E-state index is -3.96. The van der Waals surface area contributed by atoms with Gasteiger partial charge in [0.15, 0.2) is 0 Å². The highest BCUT2D eigenvalue weighted by Crippen LogP contribution is 2.69. The van der Waals surface area contributed by atoms with E-state index in [1.807, 2.05) is 0 Å². The highest BCUT2D eigenvalue weighted by Gasteiger charge is 2.51. The second kappa shape index (κ2) is 11.1. The maximum absolute atomic E-state index is 13.4. The van der Waals surface area contributed by atoms with E-state index in [2.05, 4.69) is 15.3 Å². The van der Waals surface area contributed by atoms with Gasteiger partial charge in [0.25, 0.3) is 0 Å². The fraction of sp³-hybridized carbons (Fsp3) is 0.733. The van der Waals surface area contributed by atoms with E-state index in [1.165, 1.54) is 7.11 Å². The number of rotatable bonds is 13. The molecule has 10 nitrogen and oxygen atoms in total. The van der Waals surface area contributed by atoms with Gasteiger partial charge in [-0.3, -0.25) is 9.13 Å². The summed E-state index contributed by atoms with van der Waals surface area (Å²) >= 11 is 0. The van der Waals surface area contributed by atoms with Crippen LogP contribution in [0.1, 0.15) is 33.4 Å². The Hall–Kier alpha value is -1.02. The molecular formula is C15H29N3O7P2. The molecule has 27 heavy (non-hydrogen) atoms. The minimum absolute atomic E-state index is 0.0381. The molecule has 0 aromatic carbocycles. The Bertz CT molecular complexity index is 639. The van der Waals surface area contributed by atoms with Gasteiger partial charge in [0.1, 0.15) is 0 Å². The second-order valence-electron chi connectivity index (χ2n) is 5.14. The van der Waals surface area contributed by atoms with E-state index in [9.17, 15) is 9.13 Å². The number of ether oxygens (including phenoxy) is 1. The Kier molecular flexibility index (Phi) is 9.87. The van der Waals surface area contributed by atoms with Gasteiger partial charge in [-0.25, -0.2) is 4.98 Å². The third-order valence-electron chi connectivity index (χ3n) is 3.13. The zero-order chi connectivity index (χ0) is 20.5. The van der Waals surface area contributed by atoms with Gasteiger partial charge in [0.05, 0.1) is 33.5 Å². The van der Waals surface area contributed by atoms with E-state index >= 15 is 0 Å². The molecule has 156 valence electrons. The quantitative estimate of drug-likeness (QED) is 0.464. The lowest BCUT2D eigenvalue weighted by Crippen LogP contribution is -2.26. The van der Waals surface area contributed by atoms with E-state index in [0.717, 1.165) is 0 Å². The van der Waals surface area contributed by atoms with E-state index in [0.29, 0.717) is 5.69 Å². The second-order valence-corrected chi connectivity index (χ2v) is 9.78. The molecule has 0 fully saturated rings. The molecule has 0 saturated heterocycles. The average Bonchev–Trinajstić information content (AvgIpc) is 2.60. The molecule has 0 spiro atoms. The summed E-state index contributed by atoms with van der Waals surface area (Å²) in [6.45, 7) is 8.65. The number of methoxy groups -OCH3 is 1. The van der Waals surface area contributed by atoms with Crippen LogP contribution in [0.2, 0.25) is 0 Å². The normalized spacial score (nSPS) is 12.4. The Labute approximate surface area is 160 Å². The van der Waals surface area contributed by atoms with E-state index in [4.69, 9.17) is 22.8 Å². The first kappa shape index (κ1) is 24.0. The number of hydrogen-bond donors (Lipinski definition) is 1. The molecule has 0 unspecified atom stereocenters. The maximum atomic E-state index is 13.4. The van der Waals surface area contributed by atoms with Crippen LogP contribution in [0.3, 0.4) is 0 Å². The van der Waals surface area contributed by atoms with Crippen molar-refractivity contribution in [2.45, 2.75) is 40.1 Å². The standard InChI is InChI=1S/C15H29N3O7P2/c1-7-22-26(19,23-8-2)15(27(20,24-9-3)25-10-4)18-14-16-12(5)11-13(17-14)21-6/h11,15H,7-10H2,1-6H3,(H,16,17,18). The first-order chi connectivity index (χ1) is 12.8. The van der Waals surface area contributed by atoms with E-state index < -0.39 is 20.7 Å². The monoisotopic (exact) mass is 425 g/mol. The van der Waals surface area contributed by atoms with Crippen LogP contribution in [0, 0.1) is 6.92 Å². The molecule has 1 aromatic rings. The number of nitrogens with one attached hydrogen (secondary N) is 1. The van der Waals surface area contributed by atoms with Crippen LogP contribution in [0.25, 0.3) is 0 Å². The fourth-order valence-corrected chi connectivity index (χ4v) is 7.12. The molecule has 1 heterocycles. The summed E-state index contributed by atoms with van der Waals surface area (Å²) < 4.78 is 53.5. The summed E-state index contributed by atoms with van der Waals surface area (Å²) in [4.78, 5) is 8.37. The lowest BCUT2D eigenvalue weighted by molar-refractivity contribution is 0.198. The van der Waals surface area contributed by atoms with Crippen LogP contribution >= 0.6 is 15.2 Å². The molecule has 1 N–H and O–H groups in total. The van der Waals surface area contributed by atoms with Crippen molar-refractivity contribution in [3.8, 4) is 5.88 Å². The van der Waals surface area contributed by atoms with Gasteiger partial charge in [-0.2, -0.15) is 4.98 Å². The Morgan fingerprint density at radius 3 is 1.74 bits per heavy atom. The van der Waals surface area contributed by atoms with Crippen molar-refractivity contribution in [3.05, 3.63) is 11.8 Å². The number of aromatic nitrogens is 2. The fourth-order valence-electron chi connectivity index (χ4n) is 2.23. The zero-order valence-corrected chi connectivity index (χ0v) is 18.4. The van der Waals surface area contributed by atoms with Gasteiger partial charge in [-0.1, -0.05) is 0 Å². The van der Waals surface area contributed by atoms with E-state index in [-0.39, 0.29) is 38.3 Å².